The van der Waals surface area contributed by atoms with Crippen molar-refractivity contribution in [2.75, 3.05) is 17.7 Å². The maximum Gasteiger partial charge on any atom is 0.416 e. The van der Waals surface area contributed by atoms with Gasteiger partial charge in [0.1, 0.15) is 23.6 Å². The first-order valence-electron chi connectivity index (χ1n) is 8.07. The molecule has 0 spiro atoms. The molecule has 144 valence electrons. The highest BCUT2D eigenvalue weighted by Crippen LogP contribution is 2.29. The number of aromatic nitrogens is 2. The second-order valence-electron chi connectivity index (χ2n) is 5.67. The molecule has 1 heterocycles. The van der Waals surface area contributed by atoms with Crippen molar-refractivity contribution < 1.29 is 22.7 Å². The van der Waals surface area contributed by atoms with Gasteiger partial charge >= 0.3 is 6.18 Å². The minimum atomic E-state index is -4.43. The molecule has 6 nitrogen and oxygen atoms in total. The van der Waals surface area contributed by atoms with Gasteiger partial charge in [0.2, 0.25) is 0 Å². The lowest BCUT2D eigenvalue weighted by Gasteiger charge is -2.10. The molecule has 28 heavy (non-hydrogen) atoms. The summed E-state index contributed by atoms with van der Waals surface area (Å²) >= 11 is 0. The molecule has 3 rings (SSSR count). The van der Waals surface area contributed by atoms with Crippen molar-refractivity contribution in [1.29, 1.82) is 0 Å². The van der Waals surface area contributed by atoms with E-state index in [0.29, 0.717) is 11.6 Å². The van der Waals surface area contributed by atoms with E-state index in [1.165, 1.54) is 24.5 Å². The molecule has 0 atom stereocenters. The highest BCUT2D eigenvalue weighted by atomic mass is 19.4. The van der Waals surface area contributed by atoms with Crippen molar-refractivity contribution in [3.05, 3.63) is 72.2 Å². The smallest absolute Gasteiger partial charge is 0.416 e. The number of nitrogens with zero attached hydrogens (tertiary/aromatic N) is 2. The third-order valence-electron chi connectivity index (χ3n) is 3.73. The number of alkyl halides is 3. The number of nitrogens with one attached hydrogen (secondary N) is 2. The first-order valence-corrected chi connectivity index (χ1v) is 8.07. The number of methoxy groups -OCH3 is 1. The van der Waals surface area contributed by atoms with E-state index in [0.717, 1.165) is 17.8 Å². The predicted octanol–water partition coefficient (Wildman–Crippen LogP) is 4.50. The second-order valence-corrected chi connectivity index (χ2v) is 5.67. The van der Waals surface area contributed by atoms with Gasteiger partial charge in [-0.15, -0.1) is 0 Å². The molecule has 0 aliphatic heterocycles. The van der Waals surface area contributed by atoms with Crippen LogP contribution in [0, 0.1) is 0 Å². The Bertz CT molecular complexity index is 958. The maximum absolute atomic E-state index is 12.6. The molecular weight excluding hydrogens is 373 g/mol. The van der Waals surface area contributed by atoms with E-state index in [1.807, 2.05) is 0 Å². The van der Waals surface area contributed by atoms with E-state index >= 15 is 0 Å². The zero-order chi connectivity index (χ0) is 20.1. The number of carbonyl (C=O) groups is 1. The van der Waals surface area contributed by atoms with Crippen molar-refractivity contribution >= 4 is 23.1 Å². The fourth-order valence-electron chi connectivity index (χ4n) is 2.31. The van der Waals surface area contributed by atoms with Crippen LogP contribution >= 0.6 is 0 Å². The molecule has 0 aliphatic rings. The molecule has 3 aromatic rings. The van der Waals surface area contributed by atoms with Gasteiger partial charge in [0.15, 0.2) is 0 Å². The fraction of sp³-hybridized carbons (Fsp3) is 0.105. The lowest BCUT2D eigenvalue weighted by atomic mass is 10.2. The Balaban J connectivity index is 1.69. The van der Waals surface area contributed by atoms with Gasteiger partial charge in [0.25, 0.3) is 5.91 Å². The number of ether oxygens (including phenoxy) is 1. The van der Waals surface area contributed by atoms with Gasteiger partial charge in [0, 0.05) is 17.4 Å². The maximum atomic E-state index is 12.6. The van der Waals surface area contributed by atoms with Gasteiger partial charge in [-0.2, -0.15) is 13.2 Å². The predicted molar refractivity (Wildman–Crippen MR) is 97.7 cm³/mol. The van der Waals surface area contributed by atoms with E-state index in [4.69, 9.17) is 4.74 Å². The zero-order valence-electron chi connectivity index (χ0n) is 14.6. The minimum Gasteiger partial charge on any atom is -0.497 e. The van der Waals surface area contributed by atoms with Crippen molar-refractivity contribution in [3.63, 3.8) is 0 Å². The van der Waals surface area contributed by atoms with E-state index in [9.17, 15) is 18.0 Å². The fourth-order valence-corrected chi connectivity index (χ4v) is 2.31. The number of benzene rings is 2. The standard InChI is InChI=1S/C19H15F3N4O2/c1-28-15-8-6-13(7-9-15)25-17-10-16(23-11-24-17)18(27)26-14-4-2-12(3-5-14)19(20,21)22/h2-11H,1H3,(H,26,27)(H,23,24,25). The molecule has 0 saturated heterocycles. The van der Waals surface area contributed by atoms with Gasteiger partial charge < -0.3 is 15.4 Å². The number of amides is 1. The first-order chi connectivity index (χ1) is 13.3. The summed E-state index contributed by atoms with van der Waals surface area (Å²) in [7, 11) is 1.56. The Morgan fingerprint density at radius 3 is 2.21 bits per heavy atom. The van der Waals surface area contributed by atoms with Crippen LogP contribution in [0.1, 0.15) is 16.1 Å². The number of rotatable bonds is 5. The van der Waals surface area contributed by atoms with E-state index in [-0.39, 0.29) is 11.4 Å². The van der Waals surface area contributed by atoms with Crippen LogP contribution < -0.4 is 15.4 Å². The summed E-state index contributed by atoms with van der Waals surface area (Å²) in [5, 5.41) is 5.53. The molecule has 1 aromatic heterocycles. The quantitative estimate of drug-likeness (QED) is 0.673. The van der Waals surface area contributed by atoms with Crippen LogP contribution in [-0.4, -0.2) is 23.0 Å². The summed E-state index contributed by atoms with van der Waals surface area (Å²) in [6.45, 7) is 0. The van der Waals surface area contributed by atoms with Gasteiger partial charge in [-0.1, -0.05) is 0 Å². The van der Waals surface area contributed by atoms with Crippen molar-refractivity contribution in [2.24, 2.45) is 0 Å². The Morgan fingerprint density at radius 2 is 1.61 bits per heavy atom. The summed E-state index contributed by atoms with van der Waals surface area (Å²) in [6.07, 6.45) is -3.22. The van der Waals surface area contributed by atoms with E-state index in [2.05, 4.69) is 20.6 Å². The number of anilines is 3. The van der Waals surface area contributed by atoms with Crippen molar-refractivity contribution in [1.82, 2.24) is 9.97 Å². The lowest BCUT2D eigenvalue weighted by molar-refractivity contribution is -0.137. The Hall–Kier alpha value is -3.62. The van der Waals surface area contributed by atoms with E-state index in [1.54, 1.807) is 31.4 Å². The summed E-state index contributed by atoms with van der Waals surface area (Å²) < 4.78 is 42.9. The average molecular weight is 388 g/mol. The number of carbonyl (C=O) groups excluding carboxylic acids is 1. The minimum absolute atomic E-state index is 0.0610. The molecule has 2 N–H and O–H groups in total. The van der Waals surface area contributed by atoms with Crippen LogP contribution in [-0.2, 0) is 6.18 Å². The molecule has 9 heteroatoms. The van der Waals surface area contributed by atoms with Crippen LogP contribution in [0.3, 0.4) is 0 Å². The van der Waals surface area contributed by atoms with Crippen LogP contribution in [0.5, 0.6) is 5.75 Å². The van der Waals surface area contributed by atoms with Crippen LogP contribution in [0.2, 0.25) is 0 Å². The number of hydrogen-bond acceptors (Lipinski definition) is 5. The summed E-state index contributed by atoms with van der Waals surface area (Å²) in [4.78, 5) is 20.3. The Kier molecular flexibility index (Phi) is 5.44. The average Bonchev–Trinajstić information content (AvgIpc) is 2.68. The van der Waals surface area contributed by atoms with Crippen LogP contribution in [0.15, 0.2) is 60.9 Å². The van der Waals surface area contributed by atoms with Crippen molar-refractivity contribution in [2.45, 2.75) is 6.18 Å². The molecule has 0 saturated carbocycles. The monoisotopic (exact) mass is 388 g/mol. The molecule has 0 bridgehead atoms. The normalized spacial score (nSPS) is 11.0. The largest absolute Gasteiger partial charge is 0.497 e. The van der Waals surface area contributed by atoms with Gasteiger partial charge in [-0.05, 0) is 48.5 Å². The molecule has 0 unspecified atom stereocenters. The van der Waals surface area contributed by atoms with Crippen LogP contribution in [0.4, 0.5) is 30.4 Å². The molecule has 0 fully saturated rings. The second kappa shape index (κ2) is 7.95. The Labute approximate surface area is 158 Å². The third-order valence-corrected chi connectivity index (χ3v) is 3.73. The Morgan fingerprint density at radius 1 is 0.964 bits per heavy atom. The lowest BCUT2D eigenvalue weighted by Crippen LogP contribution is -2.14. The van der Waals surface area contributed by atoms with Crippen molar-refractivity contribution in [3.8, 4) is 5.75 Å². The van der Waals surface area contributed by atoms with Gasteiger partial charge in [-0.3, -0.25) is 4.79 Å². The van der Waals surface area contributed by atoms with Gasteiger partial charge in [-0.25, -0.2) is 9.97 Å². The highest BCUT2D eigenvalue weighted by molar-refractivity contribution is 6.03. The summed E-state index contributed by atoms with van der Waals surface area (Å²) in [5.74, 6) is 0.516. The van der Waals surface area contributed by atoms with Gasteiger partial charge in [0.05, 0.1) is 12.7 Å². The molecule has 0 aliphatic carbocycles. The molecular formula is C19H15F3N4O2. The molecule has 0 radical (unpaired) electrons. The first kappa shape index (κ1) is 19.2. The van der Waals surface area contributed by atoms with E-state index < -0.39 is 17.6 Å². The SMILES string of the molecule is COc1ccc(Nc2cc(C(=O)Nc3ccc(C(F)(F)F)cc3)ncn2)cc1. The summed E-state index contributed by atoms with van der Waals surface area (Å²) in [6, 6.07) is 12.7. The zero-order valence-corrected chi connectivity index (χ0v) is 14.6. The van der Waals surface area contributed by atoms with Crippen LogP contribution in [0.25, 0.3) is 0 Å². The molecule has 1 amide bonds. The highest BCUT2D eigenvalue weighted by Gasteiger charge is 2.30. The summed E-state index contributed by atoms with van der Waals surface area (Å²) in [5.41, 5.74) is 0.222. The number of halogens is 3. The third kappa shape index (κ3) is 4.76. The molecule has 2 aromatic carbocycles. The topological polar surface area (TPSA) is 76.1 Å². The number of hydrogen-bond donors (Lipinski definition) is 2.